The molecule has 2 unspecified atom stereocenters. The van der Waals surface area contributed by atoms with E-state index < -0.39 is 0 Å². The van der Waals surface area contributed by atoms with E-state index in [4.69, 9.17) is 10.00 Å². The zero-order chi connectivity index (χ0) is 12.3. The molecule has 2 heterocycles. The van der Waals surface area contributed by atoms with Crippen LogP contribution in [-0.2, 0) is 4.74 Å². The Morgan fingerprint density at radius 3 is 2.82 bits per heavy atom. The van der Waals surface area contributed by atoms with Crippen molar-refractivity contribution in [3.05, 3.63) is 0 Å². The van der Waals surface area contributed by atoms with Gasteiger partial charge >= 0.3 is 0 Å². The van der Waals surface area contributed by atoms with Crippen LogP contribution in [0.3, 0.4) is 0 Å². The summed E-state index contributed by atoms with van der Waals surface area (Å²) < 4.78 is 5.74. The lowest BCUT2D eigenvalue weighted by atomic mass is 9.77. The molecule has 3 nitrogen and oxygen atoms in total. The van der Waals surface area contributed by atoms with Gasteiger partial charge in [-0.25, -0.2) is 0 Å². The molecule has 2 atom stereocenters. The van der Waals surface area contributed by atoms with Gasteiger partial charge in [-0.1, -0.05) is 0 Å². The minimum atomic E-state index is 0.153. The highest BCUT2D eigenvalue weighted by Gasteiger charge is 2.39. The molecule has 96 valence electrons. The lowest BCUT2D eigenvalue weighted by Gasteiger charge is -2.48. The van der Waals surface area contributed by atoms with Crippen LogP contribution in [0.2, 0.25) is 0 Å². The van der Waals surface area contributed by atoms with Gasteiger partial charge < -0.3 is 4.74 Å². The van der Waals surface area contributed by atoms with Crippen LogP contribution in [0.1, 0.15) is 46.0 Å². The molecule has 0 aromatic heterocycles. The molecule has 0 radical (unpaired) electrons. The molecule has 0 spiro atoms. The maximum atomic E-state index is 8.93. The molecule has 2 rings (SSSR count). The monoisotopic (exact) mass is 236 g/mol. The van der Waals surface area contributed by atoms with Crippen LogP contribution in [0.15, 0.2) is 0 Å². The first-order chi connectivity index (χ1) is 8.14. The second-order valence-electron chi connectivity index (χ2n) is 5.94. The molecule has 0 aliphatic carbocycles. The fourth-order valence-corrected chi connectivity index (χ4v) is 3.25. The van der Waals surface area contributed by atoms with Crippen molar-refractivity contribution in [3.63, 3.8) is 0 Å². The lowest BCUT2D eigenvalue weighted by molar-refractivity contribution is -0.0171. The molecule has 2 aliphatic heterocycles. The molecule has 0 N–H and O–H groups in total. The van der Waals surface area contributed by atoms with Crippen molar-refractivity contribution in [1.82, 2.24) is 4.90 Å². The highest BCUT2D eigenvalue weighted by molar-refractivity contribution is 4.97. The zero-order valence-electron chi connectivity index (χ0n) is 11.1. The lowest BCUT2D eigenvalue weighted by Crippen LogP contribution is -2.55. The van der Waals surface area contributed by atoms with E-state index in [-0.39, 0.29) is 5.54 Å². The molecular formula is C14H24N2O. The number of rotatable bonds is 3. The first kappa shape index (κ1) is 12.9. The fourth-order valence-electron chi connectivity index (χ4n) is 3.25. The molecule has 0 bridgehead atoms. The molecule has 2 fully saturated rings. The van der Waals surface area contributed by atoms with E-state index in [1.807, 2.05) is 0 Å². The highest BCUT2D eigenvalue weighted by atomic mass is 16.5. The zero-order valence-corrected chi connectivity index (χ0v) is 11.1. The van der Waals surface area contributed by atoms with Crippen LogP contribution < -0.4 is 0 Å². The summed E-state index contributed by atoms with van der Waals surface area (Å²) in [4.78, 5) is 2.55. The maximum absolute atomic E-state index is 8.93. The first-order valence-electron chi connectivity index (χ1n) is 6.88. The van der Waals surface area contributed by atoms with Crippen LogP contribution in [0.5, 0.6) is 0 Å². The van der Waals surface area contributed by atoms with Gasteiger partial charge in [0.1, 0.15) is 0 Å². The van der Waals surface area contributed by atoms with Crippen molar-refractivity contribution in [2.75, 3.05) is 19.7 Å². The van der Waals surface area contributed by atoms with E-state index in [0.29, 0.717) is 18.4 Å². The summed E-state index contributed by atoms with van der Waals surface area (Å²) >= 11 is 0. The number of piperidine rings is 1. The Morgan fingerprint density at radius 1 is 1.35 bits per heavy atom. The Morgan fingerprint density at radius 2 is 2.18 bits per heavy atom. The third-order valence-electron chi connectivity index (χ3n) is 4.58. The van der Waals surface area contributed by atoms with Gasteiger partial charge in [0.25, 0.3) is 0 Å². The smallest absolute Gasteiger partial charge is 0.0703 e. The van der Waals surface area contributed by atoms with Crippen LogP contribution in [-0.4, -0.2) is 36.2 Å². The molecule has 2 saturated heterocycles. The summed E-state index contributed by atoms with van der Waals surface area (Å²) in [6.07, 6.45) is 5.95. The minimum absolute atomic E-state index is 0.153. The summed E-state index contributed by atoms with van der Waals surface area (Å²) in [6, 6.07) is 2.35. The van der Waals surface area contributed by atoms with E-state index >= 15 is 0 Å². The molecule has 3 heteroatoms. The van der Waals surface area contributed by atoms with Gasteiger partial charge in [0.2, 0.25) is 0 Å². The number of nitriles is 1. The van der Waals surface area contributed by atoms with Crippen LogP contribution >= 0.6 is 0 Å². The largest absolute Gasteiger partial charge is 0.377 e. The van der Waals surface area contributed by atoms with Crippen molar-refractivity contribution >= 4 is 0 Å². The minimum Gasteiger partial charge on any atom is -0.377 e. The van der Waals surface area contributed by atoms with Gasteiger partial charge in [0, 0.05) is 25.1 Å². The molecule has 2 aliphatic rings. The van der Waals surface area contributed by atoms with Gasteiger partial charge in [-0.2, -0.15) is 5.26 Å². The Labute approximate surface area is 105 Å². The van der Waals surface area contributed by atoms with E-state index in [1.54, 1.807) is 0 Å². The summed E-state index contributed by atoms with van der Waals surface area (Å²) in [5.74, 6) is 0.516. The van der Waals surface area contributed by atoms with Crippen LogP contribution in [0, 0.1) is 17.2 Å². The molecule has 0 aromatic rings. The SMILES string of the molecule is CC1(C)C(CC#N)CCCN1CC1CCCO1. The summed E-state index contributed by atoms with van der Waals surface area (Å²) in [7, 11) is 0. The molecular weight excluding hydrogens is 212 g/mol. The van der Waals surface area contributed by atoms with Gasteiger partial charge in [0.05, 0.1) is 12.2 Å². The Kier molecular flexibility index (Phi) is 4.06. The maximum Gasteiger partial charge on any atom is 0.0703 e. The van der Waals surface area contributed by atoms with Crippen molar-refractivity contribution in [2.45, 2.75) is 57.6 Å². The van der Waals surface area contributed by atoms with Gasteiger partial charge in [-0.05, 0) is 52.0 Å². The van der Waals surface area contributed by atoms with E-state index in [2.05, 4.69) is 24.8 Å². The van der Waals surface area contributed by atoms with Crippen molar-refractivity contribution < 1.29 is 4.74 Å². The first-order valence-corrected chi connectivity index (χ1v) is 6.88. The molecule has 17 heavy (non-hydrogen) atoms. The Balaban J connectivity index is 1.97. The van der Waals surface area contributed by atoms with Crippen LogP contribution in [0.25, 0.3) is 0 Å². The standard InChI is InChI=1S/C14H24N2O/c1-14(2)12(7-8-15)5-3-9-16(14)11-13-6-4-10-17-13/h12-13H,3-7,9-11H2,1-2H3. The van der Waals surface area contributed by atoms with Crippen LogP contribution in [0.4, 0.5) is 0 Å². The number of ether oxygens (including phenoxy) is 1. The number of likely N-dealkylation sites (tertiary alicyclic amines) is 1. The van der Waals surface area contributed by atoms with E-state index in [9.17, 15) is 0 Å². The van der Waals surface area contributed by atoms with E-state index in [1.165, 1.54) is 25.7 Å². The topological polar surface area (TPSA) is 36.3 Å². The number of hydrogen-bond acceptors (Lipinski definition) is 3. The average molecular weight is 236 g/mol. The van der Waals surface area contributed by atoms with Crippen molar-refractivity contribution in [1.29, 1.82) is 5.26 Å². The Bertz CT molecular complexity index is 289. The normalized spacial score (nSPS) is 33.5. The molecule has 0 amide bonds. The second-order valence-corrected chi connectivity index (χ2v) is 5.94. The molecule has 0 aromatic carbocycles. The fraction of sp³-hybridized carbons (Fsp3) is 0.929. The third kappa shape index (κ3) is 2.81. The van der Waals surface area contributed by atoms with Gasteiger partial charge in [-0.3, -0.25) is 4.90 Å². The summed E-state index contributed by atoms with van der Waals surface area (Å²) in [5.41, 5.74) is 0.153. The molecule has 0 saturated carbocycles. The number of hydrogen-bond donors (Lipinski definition) is 0. The number of nitrogens with zero attached hydrogens (tertiary/aromatic N) is 2. The van der Waals surface area contributed by atoms with E-state index in [0.717, 1.165) is 19.7 Å². The third-order valence-corrected chi connectivity index (χ3v) is 4.58. The highest BCUT2D eigenvalue weighted by Crippen LogP contribution is 2.35. The summed E-state index contributed by atoms with van der Waals surface area (Å²) in [6.45, 7) is 7.73. The second kappa shape index (κ2) is 5.37. The predicted molar refractivity (Wildman–Crippen MR) is 67.6 cm³/mol. The predicted octanol–water partition coefficient (Wildman–Crippen LogP) is 2.57. The van der Waals surface area contributed by atoms with Crippen molar-refractivity contribution in [2.24, 2.45) is 5.92 Å². The quantitative estimate of drug-likeness (QED) is 0.755. The Hall–Kier alpha value is -0.590. The van der Waals surface area contributed by atoms with Crippen molar-refractivity contribution in [3.8, 4) is 6.07 Å². The van der Waals surface area contributed by atoms with Gasteiger partial charge in [-0.15, -0.1) is 0 Å². The summed E-state index contributed by atoms with van der Waals surface area (Å²) in [5, 5.41) is 8.93. The average Bonchev–Trinajstić information content (AvgIpc) is 2.77. The van der Waals surface area contributed by atoms with Gasteiger partial charge in [0.15, 0.2) is 0 Å².